The van der Waals surface area contributed by atoms with Gasteiger partial charge in [-0.25, -0.2) is 9.97 Å². The smallest absolute Gasteiger partial charge is 0.306 e. The number of fused-ring (bicyclic) bond motifs is 1. The minimum Gasteiger partial charge on any atom is -0.497 e. The number of likely N-dealkylation sites (tertiary alicyclic amines) is 1. The van der Waals surface area contributed by atoms with Gasteiger partial charge in [0.05, 0.1) is 48.4 Å². The van der Waals surface area contributed by atoms with Crippen LogP contribution in [0.2, 0.25) is 0 Å². The van der Waals surface area contributed by atoms with Crippen molar-refractivity contribution in [2.45, 2.75) is 129 Å². The van der Waals surface area contributed by atoms with E-state index in [2.05, 4.69) is 11.9 Å². The molecule has 1 aliphatic heterocycles. The molecule has 0 radical (unpaired) electrons. The van der Waals surface area contributed by atoms with E-state index in [4.69, 9.17) is 24.2 Å². The Kier molecular flexibility index (Phi) is 13.2. The van der Waals surface area contributed by atoms with Crippen molar-refractivity contribution in [1.82, 2.24) is 14.9 Å². The van der Waals surface area contributed by atoms with Gasteiger partial charge in [0.2, 0.25) is 13.3 Å². The van der Waals surface area contributed by atoms with Crippen LogP contribution in [-0.2, 0) is 23.7 Å². The second-order valence-corrected chi connectivity index (χ2v) is 20.7. The fourth-order valence-corrected chi connectivity index (χ4v) is 11.4. The van der Waals surface area contributed by atoms with Crippen LogP contribution < -0.4 is 14.8 Å². The van der Waals surface area contributed by atoms with Crippen LogP contribution in [0.3, 0.4) is 0 Å². The highest BCUT2D eigenvalue weighted by atomic mass is 32.1. The number of carbonyl (C=O) groups is 3. The molecule has 6 rings (SSSR count). The third kappa shape index (κ3) is 9.53. The Morgan fingerprint density at radius 1 is 1.14 bits per heavy atom. The molecule has 314 valence electrons. The minimum absolute atomic E-state index is 0.0678. The first-order chi connectivity index (χ1) is 27.5. The number of rotatable bonds is 17. The molecule has 1 amide bonds. The molecule has 2 N–H and O–H groups in total. The van der Waals surface area contributed by atoms with Gasteiger partial charge in [0, 0.05) is 41.8 Å². The number of allylic oxidation sites excluding steroid dienone is 2. The standard InChI is InChI=1S/C44H59N4O8PS/c1-9-11-18-57(52,53)44(23-28(44)10-2)24-38(49)37-20-31(25-48(37)41(51)33(43(5,6)7)21-40(50)56-29-14-12-13-15-29)55-39-22-35(36-26-58-42(47-36)45-27(3)4)46-34-19-30(54-8)16-17-32(34)39/h10-11,16-19,22,26-29,31,33,37H,2,9,12-15,20-21,23-25H2,1,3-8H3,(H,45,47)(H,52,53)/b18-11-/t28-,31-,33-,37+,44-/m1/s1. The van der Waals surface area contributed by atoms with Crippen LogP contribution in [0.25, 0.3) is 22.3 Å². The number of thiazole rings is 1. The summed E-state index contributed by atoms with van der Waals surface area (Å²) >= 11 is 1.48. The maximum atomic E-state index is 14.9. The number of benzene rings is 1. The number of carbonyl (C=O) groups excluding carboxylic acids is 3. The second-order valence-electron chi connectivity index (χ2n) is 17.4. The normalized spacial score (nSPS) is 23.9. The Balaban J connectivity index is 1.35. The Bertz CT molecular complexity index is 2090. The van der Waals surface area contributed by atoms with Crippen LogP contribution in [0.4, 0.5) is 5.13 Å². The minimum atomic E-state index is -3.93. The maximum absolute atomic E-state index is 14.9. The summed E-state index contributed by atoms with van der Waals surface area (Å²) in [7, 11) is -2.34. The molecule has 3 aromatic rings. The Labute approximate surface area is 346 Å². The van der Waals surface area contributed by atoms with Crippen molar-refractivity contribution < 1.29 is 38.1 Å². The molecule has 3 heterocycles. The zero-order valence-corrected chi connectivity index (χ0v) is 36.6. The lowest BCUT2D eigenvalue weighted by Crippen LogP contribution is -2.48. The molecule has 58 heavy (non-hydrogen) atoms. The average Bonchev–Trinajstić information content (AvgIpc) is 3.57. The fraction of sp³-hybridized carbons (Fsp3) is 0.568. The van der Waals surface area contributed by atoms with Crippen LogP contribution in [0.1, 0.15) is 99.3 Å². The number of hydrogen-bond acceptors (Lipinski definition) is 11. The lowest BCUT2D eigenvalue weighted by atomic mass is 9.77. The van der Waals surface area contributed by atoms with Crippen LogP contribution in [0, 0.1) is 17.3 Å². The van der Waals surface area contributed by atoms with Gasteiger partial charge >= 0.3 is 5.97 Å². The molecule has 1 aromatic carbocycles. The maximum Gasteiger partial charge on any atom is 0.306 e. The van der Waals surface area contributed by atoms with Crippen LogP contribution in [-0.4, -0.2) is 80.5 Å². The molecule has 1 saturated heterocycles. The van der Waals surface area contributed by atoms with E-state index in [1.54, 1.807) is 24.2 Å². The Hall–Kier alpha value is -4.06. The fourth-order valence-electron chi connectivity index (χ4n) is 8.34. The summed E-state index contributed by atoms with van der Waals surface area (Å²) in [5.74, 6) is 0.272. The molecule has 0 bridgehead atoms. The molecule has 1 unspecified atom stereocenters. The number of hydrogen-bond donors (Lipinski definition) is 2. The van der Waals surface area contributed by atoms with E-state index < -0.39 is 42.0 Å². The number of nitrogens with one attached hydrogen (secondary N) is 1. The van der Waals surface area contributed by atoms with E-state index in [0.717, 1.165) is 30.8 Å². The lowest BCUT2D eigenvalue weighted by Gasteiger charge is -2.35. The van der Waals surface area contributed by atoms with Gasteiger partial charge in [-0.1, -0.05) is 39.8 Å². The van der Waals surface area contributed by atoms with E-state index in [-0.39, 0.29) is 55.6 Å². The van der Waals surface area contributed by atoms with Crippen molar-refractivity contribution in [3.8, 4) is 22.9 Å². The molecule has 0 spiro atoms. The van der Waals surface area contributed by atoms with Gasteiger partial charge in [0.15, 0.2) is 10.9 Å². The number of Topliss-reactive ketones (excluding diaryl/α,β-unsaturated/α-hetero) is 1. The van der Waals surface area contributed by atoms with Gasteiger partial charge < -0.3 is 29.3 Å². The summed E-state index contributed by atoms with van der Waals surface area (Å²) < 4.78 is 32.0. The Morgan fingerprint density at radius 3 is 2.52 bits per heavy atom. The van der Waals surface area contributed by atoms with Crippen molar-refractivity contribution in [3.05, 3.63) is 54.2 Å². The molecular formula is C44H59N4O8PS. The molecule has 12 nitrogen and oxygen atoms in total. The first-order valence-electron chi connectivity index (χ1n) is 20.5. The predicted molar refractivity (Wildman–Crippen MR) is 229 cm³/mol. The SMILES string of the molecule is C=C[C@@H]1C[C@]1(CC(=O)[C@@H]1C[C@@H](Oc2cc(-c3csc(NC(C)C)n3)nc3cc(OC)ccc23)CN1C(=O)[C@@H](CC(=O)OC1CCCC1)C(C)(C)C)P(=O)(O)/C=C\CC. The van der Waals surface area contributed by atoms with E-state index in [1.165, 1.54) is 17.2 Å². The van der Waals surface area contributed by atoms with Crippen molar-refractivity contribution in [3.63, 3.8) is 0 Å². The number of ether oxygens (including phenoxy) is 3. The van der Waals surface area contributed by atoms with Crippen molar-refractivity contribution >= 4 is 52.4 Å². The van der Waals surface area contributed by atoms with Crippen LogP contribution in [0.15, 0.2) is 54.2 Å². The predicted octanol–water partition coefficient (Wildman–Crippen LogP) is 9.17. The molecule has 14 heteroatoms. The molecule has 2 saturated carbocycles. The monoisotopic (exact) mass is 834 g/mol. The van der Waals surface area contributed by atoms with Crippen LogP contribution >= 0.6 is 18.7 Å². The van der Waals surface area contributed by atoms with E-state index in [1.807, 2.05) is 71.2 Å². The number of ketones is 1. The van der Waals surface area contributed by atoms with Gasteiger partial charge in [-0.05, 0) is 81.7 Å². The zero-order chi connectivity index (χ0) is 42.0. The summed E-state index contributed by atoms with van der Waals surface area (Å²) in [5, 5.41) is 5.55. The molecule has 6 atom stereocenters. The topological polar surface area (TPSA) is 157 Å². The highest BCUT2D eigenvalue weighted by Crippen LogP contribution is 2.73. The molecular weight excluding hydrogens is 776 g/mol. The summed E-state index contributed by atoms with van der Waals surface area (Å²) in [6.07, 6.45) is 6.92. The second kappa shape index (κ2) is 17.7. The highest BCUT2D eigenvalue weighted by molar-refractivity contribution is 7.63. The summed E-state index contributed by atoms with van der Waals surface area (Å²) in [6, 6.07) is 6.59. The molecule has 3 aliphatic rings. The zero-order valence-electron chi connectivity index (χ0n) is 34.9. The van der Waals surface area contributed by atoms with E-state index in [0.29, 0.717) is 46.6 Å². The van der Waals surface area contributed by atoms with E-state index in [9.17, 15) is 23.8 Å². The van der Waals surface area contributed by atoms with Gasteiger partial charge in [0.25, 0.3) is 0 Å². The molecule has 2 aromatic heterocycles. The van der Waals surface area contributed by atoms with Crippen LogP contribution in [0.5, 0.6) is 11.5 Å². The Morgan fingerprint density at radius 2 is 1.88 bits per heavy atom. The average molecular weight is 835 g/mol. The van der Waals surface area contributed by atoms with Gasteiger partial charge in [-0.15, -0.1) is 17.9 Å². The first kappa shape index (κ1) is 43.5. The van der Waals surface area contributed by atoms with Gasteiger partial charge in [-0.3, -0.25) is 18.9 Å². The highest BCUT2D eigenvalue weighted by Gasteiger charge is 2.64. The van der Waals surface area contributed by atoms with Crippen molar-refractivity contribution in [1.29, 1.82) is 0 Å². The van der Waals surface area contributed by atoms with Crippen molar-refractivity contribution in [2.75, 3.05) is 19.0 Å². The number of anilines is 1. The van der Waals surface area contributed by atoms with Gasteiger partial charge in [-0.2, -0.15) is 0 Å². The number of methoxy groups -OCH3 is 1. The number of amides is 1. The first-order valence-corrected chi connectivity index (χ1v) is 23.1. The quantitative estimate of drug-likeness (QED) is 0.0759. The largest absolute Gasteiger partial charge is 0.497 e. The number of esters is 1. The molecule has 2 aliphatic carbocycles. The summed E-state index contributed by atoms with van der Waals surface area (Å²) in [5.41, 5.74) is 1.21. The van der Waals surface area contributed by atoms with Gasteiger partial charge in [0.1, 0.15) is 29.4 Å². The van der Waals surface area contributed by atoms with E-state index >= 15 is 0 Å². The van der Waals surface area contributed by atoms with Crippen molar-refractivity contribution in [2.24, 2.45) is 17.3 Å². The summed E-state index contributed by atoms with van der Waals surface area (Å²) in [4.78, 5) is 65.5. The third-order valence-corrected chi connectivity index (χ3v) is 15.1. The summed E-state index contributed by atoms with van der Waals surface area (Å²) in [6.45, 7) is 15.7. The third-order valence-electron chi connectivity index (χ3n) is 11.7. The number of pyridine rings is 1. The lowest BCUT2D eigenvalue weighted by molar-refractivity contribution is -0.156. The molecule has 3 fully saturated rings. The number of aromatic nitrogens is 2. The number of nitrogens with zero attached hydrogens (tertiary/aromatic N) is 3.